The van der Waals surface area contributed by atoms with Gasteiger partial charge in [0, 0.05) is 12.0 Å². The van der Waals surface area contributed by atoms with Crippen molar-refractivity contribution in [3.63, 3.8) is 0 Å². The maximum absolute atomic E-state index is 5.78. The van der Waals surface area contributed by atoms with Crippen molar-refractivity contribution < 1.29 is 0 Å². The van der Waals surface area contributed by atoms with E-state index >= 15 is 0 Å². The van der Waals surface area contributed by atoms with Crippen molar-refractivity contribution in [3.05, 3.63) is 11.6 Å². The summed E-state index contributed by atoms with van der Waals surface area (Å²) < 4.78 is 2.23. The van der Waals surface area contributed by atoms with E-state index < -0.39 is 0 Å². The highest BCUT2D eigenvalue weighted by atomic mass is 15.3. The molecule has 0 amide bonds. The minimum absolute atomic E-state index is 0.0140. The fourth-order valence-corrected chi connectivity index (χ4v) is 3.23. The molecule has 1 aromatic rings. The number of hydrogen-bond donors (Lipinski definition) is 1. The standard InChI is InChI=1S/C15H28N4/c1-15(2,3)19-13(17-18-14(19)11-16)10-9-12-7-5-4-6-8-12/h12H,4-11,16H2,1-3H3. The van der Waals surface area contributed by atoms with Crippen LogP contribution < -0.4 is 5.73 Å². The molecular weight excluding hydrogens is 236 g/mol. The van der Waals surface area contributed by atoms with E-state index in [1.807, 2.05) is 0 Å². The Hall–Kier alpha value is -0.900. The summed E-state index contributed by atoms with van der Waals surface area (Å²) in [5, 5.41) is 8.62. The van der Waals surface area contributed by atoms with E-state index in [1.165, 1.54) is 38.5 Å². The monoisotopic (exact) mass is 264 g/mol. The van der Waals surface area contributed by atoms with E-state index in [0.29, 0.717) is 6.54 Å². The van der Waals surface area contributed by atoms with Crippen LogP contribution in [0.25, 0.3) is 0 Å². The third kappa shape index (κ3) is 3.56. The van der Waals surface area contributed by atoms with E-state index in [-0.39, 0.29) is 5.54 Å². The first-order valence-corrected chi connectivity index (χ1v) is 7.66. The second kappa shape index (κ2) is 6.04. The van der Waals surface area contributed by atoms with Crippen molar-refractivity contribution in [2.45, 2.75) is 77.8 Å². The average Bonchev–Trinajstić information content (AvgIpc) is 2.80. The van der Waals surface area contributed by atoms with Gasteiger partial charge in [0.1, 0.15) is 11.6 Å². The van der Waals surface area contributed by atoms with Crippen LogP contribution in [0.4, 0.5) is 0 Å². The molecule has 1 fully saturated rings. The summed E-state index contributed by atoms with van der Waals surface area (Å²) in [5.74, 6) is 2.91. The van der Waals surface area contributed by atoms with Gasteiger partial charge in [0.2, 0.25) is 0 Å². The molecule has 4 nitrogen and oxygen atoms in total. The third-order valence-electron chi connectivity index (χ3n) is 4.15. The molecule has 1 aliphatic carbocycles. The zero-order valence-corrected chi connectivity index (χ0v) is 12.7. The van der Waals surface area contributed by atoms with Gasteiger partial charge in [-0.15, -0.1) is 10.2 Å². The molecule has 2 N–H and O–H groups in total. The lowest BCUT2D eigenvalue weighted by molar-refractivity contribution is 0.325. The second-order valence-corrected chi connectivity index (χ2v) is 6.79. The maximum Gasteiger partial charge on any atom is 0.147 e. The van der Waals surface area contributed by atoms with Crippen LogP contribution in [0.1, 0.15) is 70.9 Å². The molecule has 1 heterocycles. The molecule has 1 aromatic heterocycles. The van der Waals surface area contributed by atoms with Crippen molar-refractivity contribution in [2.24, 2.45) is 11.7 Å². The van der Waals surface area contributed by atoms with Gasteiger partial charge in [0.05, 0.1) is 6.54 Å². The molecule has 1 aliphatic rings. The molecule has 0 unspecified atom stereocenters. The summed E-state index contributed by atoms with van der Waals surface area (Å²) >= 11 is 0. The van der Waals surface area contributed by atoms with Crippen LogP contribution in [0.3, 0.4) is 0 Å². The molecule has 0 aliphatic heterocycles. The predicted molar refractivity (Wildman–Crippen MR) is 77.8 cm³/mol. The lowest BCUT2D eigenvalue weighted by atomic mass is 9.86. The smallest absolute Gasteiger partial charge is 0.147 e. The highest BCUT2D eigenvalue weighted by Crippen LogP contribution is 2.28. The number of rotatable bonds is 4. The highest BCUT2D eigenvalue weighted by molar-refractivity contribution is 5.01. The van der Waals surface area contributed by atoms with Crippen LogP contribution in [0, 0.1) is 5.92 Å². The van der Waals surface area contributed by atoms with Crippen LogP contribution >= 0.6 is 0 Å². The summed E-state index contributed by atoms with van der Waals surface area (Å²) in [6.07, 6.45) is 9.32. The summed E-state index contributed by atoms with van der Waals surface area (Å²) in [6.45, 7) is 7.05. The first kappa shape index (κ1) is 14.5. The van der Waals surface area contributed by atoms with Gasteiger partial charge >= 0.3 is 0 Å². The van der Waals surface area contributed by atoms with Crippen LogP contribution in [0.5, 0.6) is 0 Å². The Bertz CT molecular complexity index is 397. The van der Waals surface area contributed by atoms with E-state index in [2.05, 4.69) is 35.5 Å². The van der Waals surface area contributed by atoms with Crippen LogP contribution in [0.2, 0.25) is 0 Å². The van der Waals surface area contributed by atoms with Gasteiger partial charge in [0.15, 0.2) is 0 Å². The molecule has 4 heteroatoms. The first-order valence-electron chi connectivity index (χ1n) is 7.66. The van der Waals surface area contributed by atoms with Gasteiger partial charge in [0.25, 0.3) is 0 Å². The Balaban J connectivity index is 2.05. The maximum atomic E-state index is 5.78. The van der Waals surface area contributed by atoms with Gasteiger partial charge in [-0.05, 0) is 33.1 Å². The van der Waals surface area contributed by atoms with Crippen molar-refractivity contribution in [1.29, 1.82) is 0 Å². The van der Waals surface area contributed by atoms with E-state index in [0.717, 1.165) is 24.0 Å². The Morgan fingerprint density at radius 2 is 1.74 bits per heavy atom. The fourth-order valence-electron chi connectivity index (χ4n) is 3.23. The molecule has 0 radical (unpaired) electrons. The van der Waals surface area contributed by atoms with Crippen molar-refractivity contribution in [1.82, 2.24) is 14.8 Å². The number of aromatic nitrogens is 3. The van der Waals surface area contributed by atoms with Gasteiger partial charge in [-0.3, -0.25) is 0 Å². The van der Waals surface area contributed by atoms with E-state index in [4.69, 9.17) is 5.73 Å². The topological polar surface area (TPSA) is 56.7 Å². The zero-order valence-electron chi connectivity index (χ0n) is 12.7. The second-order valence-electron chi connectivity index (χ2n) is 6.79. The first-order chi connectivity index (χ1) is 9.02. The molecule has 19 heavy (non-hydrogen) atoms. The molecule has 1 saturated carbocycles. The molecular formula is C15H28N4. The Morgan fingerprint density at radius 1 is 1.11 bits per heavy atom. The van der Waals surface area contributed by atoms with Crippen molar-refractivity contribution >= 4 is 0 Å². The van der Waals surface area contributed by atoms with Crippen LogP contribution in [-0.4, -0.2) is 14.8 Å². The zero-order chi connectivity index (χ0) is 13.9. The lowest BCUT2D eigenvalue weighted by Gasteiger charge is -2.26. The lowest BCUT2D eigenvalue weighted by Crippen LogP contribution is -2.27. The van der Waals surface area contributed by atoms with Gasteiger partial charge in [-0.1, -0.05) is 32.1 Å². The number of nitrogens with zero attached hydrogens (tertiary/aromatic N) is 3. The quantitative estimate of drug-likeness (QED) is 0.909. The molecule has 2 rings (SSSR count). The molecule has 0 atom stereocenters. The fraction of sp³-hybridized carbons (Fsp3) is 0.867. The normalized spacial score (nSPS) is 17.9. The van der Waals surface area contributed by atoms with E-state index in [9.17, 15) is 0 Å². The van der Waals surface area contributed by atoms with Crippen LogP contribution in [-0.2, 0) is 18.5 Å². The largest absolute Gasteiger partial charge is 0.324 e. The Morgan fingerprint density at radius 3 is 2.32 bits per heavy atom. The average molecular weight is 264 g/mol. The molecule has 0 aromatic carbocycles. The molecule has 0 bridgehead atoms. The molecule has 0 saturated heterocycles. The van der Waals surface area contributed by atoms with Gasteiger partial charge < -0.3 is 10.3 Å². The minimum atomic E-state index is 0.0140. The summed E-state index contributed by atoms with van der Waals surface area (Å²) in [7, 11) is 0. The molecule has 108 valence electrons. The Kier molecular flexibility index (Phi) is 4.61. The third-order valence-corrected chi connectivity index (χ3v) is 4.15. The number of nitrogens with two attached hydrogens (primary N) is 1. The van der Waals surface area contributed by atoms with E-state index in [1.54, 1.807) is 0 Å². The number of hydrogen-bond acceptors (Lipinski definition) is 3. The summed E-state index contributed by atoms with van der Waals surface area (Å²) in [6, 6.07) is 0. The highest BCUT2D eigenvalue weighted by Gasteiger charge is 2.23. The predicted octanol–water partition coefficient (Wildman–Crippen LogP) is 3.00. The van der Waals surface area contributed by atoms with Crippen molar-refractivity contribution in [2.75, 3.05) is 0 Å². The van der Waals surface area contributed by atoms with Crippen molar-refractivity contribution in [3.8, 4) is 0 Å². The van der Waals surface area contributed by atoms with Gasteiger partial charge in [-0.2, -0.15) is 0 Å². The summed E-state index contributed by atoms with van der Waals surface area (Å²) in [4.78, 5) is 0. The minimum Gasteiger partial charge on any atom is -0.324 e. The number of aryl methyl sites for hydroxylation is 1. The van der Waals surface area contributed by atoms with Gasteiger partial charge in [-0.25, -0.2) is 0 Å². The Labute approximate surface area is 116 Å². The SMILES string of the molecule is CC(C)(C)n1c(CN)nnc1CCC1CCCCC1. The summed E-state index contributed by atoms with van der Waals surface area (Å²) in [5.41, 5.74) is 5.79. The molecule has 0 spiro atoms. The van der Waals surface area contributed by atoms with Crippen LogP contribution in [0.15, 0.2) is 0 Å².